The first-order valence-electron chi connectivity index (χ1n) is 11.1. The van der Waals surface area contributed by atoms with Crippen LogP contribution in [0.1, 0.15) is 51.0 Å². The summed E-state index contributed by atoms with van der Waals surface area (Å²) in [6.07, 6.45) is 11.1. The van der Waals surface area contributed by atoms with Gasteiger partial charge < -0.3 is 9.80 Å². The van der Waals surface area contributed by atoms with Crippen molar-refractivity contribution in [2.75, 3.05) is 41.4 Å². The predicted molar refractivity (Wildman–Crippen MR) is 124 cm³/mol. The van der Waals surface area contributed by atoms with Gasteiger partial charge in [0.1, 0.15) is 0 Å². The van der Waals surface area contributed by atoms with Crippen molar-refractivity contribution >= 4 is 29.6 Å². The number of aromatic nitrogens is 3. The Morgan fingerprint density at radius 1 is 0.833 bits per heavy atom. The molecule has 2 aromatic rings. The highest BCUT2D eigenvalue weighted by molar-refractivity contribution is 5.84. The Morgan fingerprint density at radius 3 is 1.97 bits per heavy atom. The SMILES string of the molecule is CC(=CC=NNc1nc(N2CCCCC2)nc(N2CCCCC2)n1)c1ccccc1. The Balaban J connectivity index is 1.50. The average molecular weight is 406 g/mol. The molecule has 4 rings (SSSR count). The number of rotatable bonds is 6. The molecule has 3 heterocycles. The second kappa shape index (κ2) is 10.2. The van der Waals surface area contributed by atoms with Crippen molar-refractivity contribution < 1.29 is 0 Å². The summed E-state index contributed by atoms with van der Waals surface area (Å²) in [5.41, 5.74) is 5.36. The van der Waals surface area contributed by atoms with Crippen LogP contribution in [0.4, 0.5) is 17.8 Å². The van der Waals surface area contributed by atoms with Crippen LogP contribution in [-0.4, -0.2) is 47.3 Å². The molecule has 0 bridgehead atoms. The summed E-state index contributed by atoms with van der Waals surface area (Å²) in [6.45, 7) is 6.10. The van der Waals surface area contributed by atoms with Gasteiger partial charge in [0.25, 0.3) is 0 Å². The van der Waals surface area contributed by atoms with E-state index in [0.717, 1.165) is 43.6 Å². The van der Waals surface area contributed by atoms with Crippen molar-refractivity contribution in [3.05, 3.63) is 42.0 Å². The van der Waals surface area contributed by atoms with Gasteiger partial charge in [0.15, 0.2) is 0 Å². The molecule has 30 heavy (non-hydrogen) atoms. The molecule has 158 valence electrons. The molecule has 0 spiro atoms. The molecule has 2 fully saturated rings. The molecule has 2 aliphatic heterocycles. The monoisotopic (exact) mass is 405 g/mol. The summed E-state index contributed by atoms with van der Waals surface area (Å²) < 4.78 is 0. The van der Waals surface area contributed by atoms with Crippen LogP contribution >= 0.6 is 0 Å². The Kier molecular flexibility index (Phi) is 6.90. The van der Waals surface area contributed by atoms with E-state index in [2.05, 4.69) is 49.4 Å². The minimum absolute atomic E-state index is 0.508. The average Bonchev–Trinajstić information content (AvgIpc) is 2.83. The molecule has 2 saturated heterocycles. The number of allylic oxidation sites excluding steroid dienone is 2. The van der Waals surface area contributed by atoms with Crippen LogP contribution in [0.25, 0.3) is 5.57 Å². The summed E-state index contributed by atoms with van der Waals surface area (Å²) in [5, 5.41) is 4.34. The van der Waals surface area contributed by atoms with Gasteiger partial charge in [-0.25, -0.2) is 5.43 Å². The molecule has 0 radical (unpaired) electrons. The van der Waals surface area contributed by atoms with Crippen molar-refractivity contribution in [2.45, 2.75) is 45.4 Å². The number of hydrazone groups is 1. The number of nitrogens with one attached hydrogen (secondary N) is 1. The molecule has 1 aromatic heterocycles. The van der Waals surface area contributed by atoms with E-state index < -0.39 is 0 Å². The quantitative estimate of drug-likeness (QED) is 0.569. The van der Waals surface area contributed by atoms with E-state index in [1.54, 1.807) is 6.21 Å². The van der Waals surface area contributed by atoms with E-state index in [4.69, 9.17) is 4.98 Å². The molecule has 1 N–H and O–H groups in total. The van der Waals surface area contributed by atoms with Crippen molar-refractivity contribution in [3.8, 4) is 0 Å². The number of anilines is 3. The van der Waals surface area contributed by atoms with Gasteiger partial charge in [-0.3, -0.25) is 0 Å². The maximum absolute atomic E-state index is 4.80. The van der Waals surface area contributed by atoms with Gasteiger partial charge in [-0.05, 0) is 62.7 Å². The molecular formula is C23H31N7. The van der Waals surface area contributed by atoms with Gasteiger partial charge in [-0.1, -0.05) is 30.3 Å². The van der Waals surface area contributed by atoms with E-state index >= 15 is 0 Å². The van der Waals surface area contributed by atoms with Crippen LogP contribution in [-0.2, 0) is 0 Å². The van der Waals surface area contributed by atoms with Crippen LogP contribution in [0.5, 0.6) is 0 Å². The molecule has 1 aromatic carbocycles. The van der Waals surface area contributed by atoms with E-state index in [-0.39, 0.29) is 0 Å². The van der Waals surface area contributed by atoms with E-state index in [0.29, 0.717) is 5.95 Å². The van der Waals surface area contributed by atoms with Crippen molar-refractivity contribution in [1.82, 2.24) is 15.0 Å². The molecule has 7 nitrogen and oxygen atoms in total. The maximum Gasteiger partial charge on any atom is 0.250 e. The number of hydrogen-bond acceptors (Lipinski definition) is 7. The number of hydrogen-bond donors (Lipinski definition) is 1. The normalized spacial score (nSPS) is 18.1. The van der Waals surface area contributed by atoms with Gasteiger partial charge in [0.05, 0.1) is 0 Å². The lowest BCUT2D eigenvalue weighted by Gasteiger charge is -2.30. The second-order valence-electron chi connectivity index (χ2n) is 7.96. The first-order valence-corrected chi connectivity index (χ1v) is 11.1. The van der Waals surface area contributed by atoms with E-state index in [9.17, 15) is 0 Å². The van der Waals surface area contributed by atoms with Crippen LogP contribution in [0.2, 0.25) is 0 Å². The number of piperidine rings is 2. The number of benzene rings is 1. The molecule has 0 unspecified atom stereocenters. The minimum atomic E-state index is 0.508. The first kappa shape index (κ1) is 20.3. The largest absolute Gasteiger partial charge is 0.341 e. The van der Waals surface area contributed by atoms with E-state index in [1.807, 2.05) is 24.3 Å². The Morgan fingerprint density at radius 2 is 1.40 bits per heavy atom. The lowest BCUT2D eigenvalue weighted by molar-refractivity contribution is 0.556. The third kappa shape index (κ3) is 5.34. The zero-order chi connectivity index (χ0) is 20.6. The topological polar surface area (TPSA) is 69.5 Å². The summed E-state index contributed by atoms with van der Waals surface area (Å²) in [4.78, 5) is 18.7. The summed E-state index contributed by atoms with van der Waals surface area (Å²) in [6, 6.07) is 10.3. The molecule has 7 heteroatoms. The zero-order valence-corrected chi connectivity index (χ0v) is 17.8. The highest BCUT2D eigenvalue weighted by atomic mass is 15.4. The molecular weight excluding hydrogens is 374 g/mol. The van der Waals surface area contributed by atoms with Gasteiger partial charge in [-0.15, -0.1) is 0 Å². The lowest BCUT2D eigenvalue weighted by atomic mass is 10.1. The first-order chi connectivity index (χ1) is 14.8. The molecule has 0 atom stereocenters. The van der Waals surface area contributed by atoms with Gasteiger partial charge >= 0.3 is 0 Å². The molecule has 0 amide bonds. The van der Waals surface area contributed by atoms with Crippen LogP contribution in [0.15, 0.2) is 41.5 Å². The molecule has 0 saturated carbocycles. The fraction of sp³-hybridized carbons (Fsp3) is 0.478. The van der Waals surface area contributed by atoms with Gasteiger partial charge in [0.2, 0.25) is 17.8 Å². The van der Waals surface area contributed by atoms with Crippen molar-refractivity contribution in [3.63, 3.8) is 0 Å². The van der Waals surface area contributed by atoms with E-state index in [1.165, 1.54) is 44.1 Å². The zero-order valence-electron chi connectivity index (χ0n) is 17.8. The minimum Gasteiger partial charge on any atom is -0.341 e. The smallest absolute Gasteiger partial charge is 0.250 e. The fourth-order valence-corrected chi connectivity index (χ4v) is 3.92. The third-order valence-corrected chi connectivity index (χ3v) is 5.68. The molecule has 2 aliphatic rings. The van der Waals surface area contributed by atoms with Crippen LogP contribution in [0, 0.1) is 0 Å². The van der Waals surface area contributed by atoms with Crippen molar-refractivity contribution in [2.24, 2.45) is 5.10 Å². The van der Waals surface area contributed by atoms with Gasteiger partial charge in [0, 0.05) is 32.4 Å². The molecule has 0 aliphatic carbocycles. The highest BCUT2D eigenvalue weighted by Gasteiger charge is 2.20. The predicted octanol–water partition coefficient (Wildman–Crippen LogP) is 4.35. The standard InChI is InChI=1S/C23H31N7/c1-19(20-11-5-2-6-12-20)13-14-24-28-21-25-22(29-15-7-3-8-16-29)27-23(26-21)30-17-9-4-10-18-30/h2,5-6,11-14H,3-4,7-10,15-18H2,1H3,(H,25,26,27,28). The van der Waals surface area contributed by atoms with Crippen LogP contribution < -0.4 is 15.2 Å². The maximum atomic E-state index is 4.80. The summed E-state index contributed by atoms with van der Waals surface area (Å²) in [7, 11) is 0. The summed E-state index contributed by atoms with van der Waals surface area (Å²) >= 11 is 0. The third-order valence-electron chi connectivity index (χ3n) is 5.68. The number of nitrogens with zero attached hydrogens (tertiary/aromatic N) is 6. The van der Waals surface area contributed by atoms with Gasteiger partial charge in [-0.2, -0.15) is 20.1 Å². The highest BCUT2D eigenvalue weighted by Crippen LogP contribution is 2.22. The Hall–Kier alpha value is -2.96. The fourth-order valence-electron chi connectivity index (χ4n) is 3.92. The van der Waals surface area contributed by atoms with Crippen LogP contribution in [0.3, 0.4) is 0 Å². The van der Waals surface area contributed by atoms with Crippen molar-refractivity contribution in [1.29, 1.82) is 0 Å². The Bertz CT molecular complexity index is 830. The second-order valence-corrected chi connectivity index (χ2v) is 7.96. The lowest BCUT2D eigenvalue weighted by Crippen LogP contribution is -2.34. The Labute approximate surface area is 178 Å². The summed E-state index contributed by atoms with van der Waals surface area (Å²) in [5.74, 6) is 2.03.